The van der Waals surface area contributed by atoms with Gasteiger partial charge in [-0.15, -0.1) is 0 Å². The van der Waals surface area contributed by atoms with Gasteiger partial charge in [0.25, 0.3) is 0 Å². The summed E-state index contributed by atoms with van der Waals surface area (Å²) in [5.74, 6) is -0.680. The summed E-state index contributed by atoms with van der Waals surface area (Å²) in [6.07, 6.45) is -0.288. The highest BCUT2D eigenvalue weighted by molar-refractivity contribution is 5.86. The molecular formula is C14H21N3O4. The van der Waals surface area contributed by atoms with Crippen LogP contribution >= 0.6 is 0 Å². The number of ether oxygens (including phenoxy) is 1. The minimum absolute atomic E-state index is 0.164. The Kier molecular flexibility index (Phi) is 4.32. The second-order valence-corrected chi connectivity index (χ2v) is 5.42. The maximum atomic E-state index is 12.5. The van der Waals surface area contributed by atoms with Crippen molar-refractivity contribution in [1.29, 1.82) is 0 Å². The Morgan fingerprint density at radius 2 is 2.10 bits per heavy atom. The van der Waals surface area contributed by atoms with E-state index < -0.39 is 18.1 Å². The summed E-state index contributed by atoms with van der Waals surface area (Å²) in [6.45, 7) is 3.92. The van der Waals surface area contributed by atoms with Gasteiger partial charge in [-0.2, -0.15) is 5.10 Å². The molecule has 0 saturated carbocycles. The molecule has 1 N–H and O–H groups in total. The Bertz CT molecular complexity index is 567. The van der Waals surface area contributed by atoms with Crippen LogP contribution in [0.4, 0.5) is 0 Å². The molecule has 2 heterocycles. The molecular weight excluding hydrogens is 274 g/mol. The van der Waals surface area contributed by atoms with E-state index in [4.69, 9.17) is 4.74 Å². The van der Waals surface area contributed by atoms with Gasteiger partial charge >= 0.3 is 5.97 Å². The Morgan fingerprint density at radius 1 is 1.43 bits per heavy atom. The fraction of sp³-hybridized carbons (Fsp3) is 0.643. The van der Waals surface area contributed by atoms with Crippen molar-refractivity contribution in [2.45, 2.75) is 38.8 Å². The Morgan fingerprint density at radius 3 is 2.62 bits per heavy atom. The van der Waals surface area contributed by atoms with Crippen molar-refractivity contribution >= 4 is 11.9 Å². The second kappa shape index (κ2) is 5.85. The summed E-state index contributed by atoms with van der Waals surface area (Å²) in [5, 5.41) is 14.0. The number of carbonyl (C=O) groups is 2. The van der Waals surface area contributed by atoms with Gasteiger partial charge in [0.2, 0.25) is 5.91 Å². The van der Waals surface area contributed by atoms with Gasteiger partial charge in [0, 0.05) is 31.3 Å². The smallest absolute Gasteiger partial charge is 0.328 e. The molecule has 0 radical (unpaired) electrons. The highest BCUT2D eigenvalue weighted by Crippen LogP contribution is 2.22. The largest absolute Gasteiger partial charge is 0.467 e. The van der Waals surface area contributed by atoms with E-state index in [-0.39, 0.29) is 25.3 Å². The first-order chi connectivity index (χ1) is 9.85. The first kappa shape index (κ1) is 15.5. The predicted molar refractivity (Wildman–Crippen MR) is 74.5 cm³/mol. The summed E-state index contributed by atoms with van der Waals surface area (Å²) in [4.78, 5) is 25.6. The molecule has 1 aromatic heterocycles. The maximum Gasteiger partial charge on any atom is 0.328 e. The van der Waals surface area contributed by atoms with Gasteiger partial charge in [0.15, 0.2) is 0 Å². The number of nitrogens with zero attached hydrogens (tertiary/aromatic N) is 3. The van der Waals surface area contributed by atoms with Gasteiger partial charge in [-0.05, 0) is 13.8 Å². The number of β-amino-alcohol motifs (C(OH)–C–C–N with tert-alkyl or cyclic N) is 1. The van der Waals surface area contributed by atoms with Crippen molar-refractivity contribution in [2.24, 2.45) is 7.05 Å². The van der Waals surface area contributed by atoms with Crippen LogP contribution in [0.2, 0.25) is 0 Å². The first-order valence-electron chi connectivity index (χ1n) is 6.89. The number of aliphatic hydroxyl groups is 1. The van der Waals surface area contributed by atoms with Crippen LogP contribution in [0.1, 0.15) is 23.4 Å². The highest BCUT2D eigenvalue weighted by atomic mass is 16.5. The van der Waals surface area contributed by atoms with Crippen molar-refractivity contribution in [2.75, 3.05) is 13.7 Å². The topological polar surface area (TPSA) is 84.7 Å². The first-order valence-corrected chi connectivity index (χ1v) is 6.89. The third-order valence-corrected chi connectivity index (χ3v) is 4.06. The molecule has 7 nitrogen and oxygen atoms in total. The van der Waals surface area contributed by atoms with Crippen LogP contribution in [-0.4, -0.2) is 57.5 Å². The fourth-order valence-corrected chi connectivity index (χ4v) is 2.77. The van der Waals surface area contributed by atoms with Gasteiger partial charge in [0.05, 0.1) is 25.3 Å². The molecule has 1 saturated heterocycles. The molecule has 0 spiro atoms. The third kappa shape index (κ3) is 2.92. The van der Waals surface area contributed by atoms with Crippen molar-refractivity contribution in [1.82, 2.24) is 14.7 Å². The number of amides is 1. The number of hydrogen-bond acceptors (Lipinski definition) is 5. The van der Waals surface area contributed by atoms with Gasteiger partial charge in [-0.25, -0.2) is 4.79 Å². The van der Waals surface area contributed by atoms with E-state index in [9.17, 15) is 14.7 Å². The minimum Gasteiger partial charge on any atom is -0.467 e. The molecule has 116 valence electrons. The van der Waals surface area contributed by atoms with E-state index in [1.54, 1.807) is 4.68 Å². The SMILES string of the molecule is COC(=O)C1CC(O)CN1C(=O)Cc1c(C)nn(C)c1C. The van der Waals surface area contributed by atoms with E-state index >= 15 is 0 Å². The van der Waals surface area contributed by atoms with E-state index in [2.05, 4.69) is 5.10 Å². The number of methoxy groups -OCH3 is 1. The van der Waals surface area contributed by atoms with Gasteiger partial charge in [-0.1, -0.05) is 0 Å². The quantitative estimate of drug-likeness (QED) is 0.775. The van der Waals surface area contributed by atoms with E-state index in [1.165, 1.54) is 12.0 Å². The van der Waals surface area contributed by atoms with E-state index in [0.29, 0.717) is 0 Å². The molecule has 1 fully saturated rings. The summed E-state index contributed by atoms with van der Waals surface area (Å²) < 4.78 is 6.43. The number of likely N-dealkylation sites (tertiary alicyclic amines) is 1. The molecule has 0 aliphatic carbocycles. The van der Waals surface area contributed by atoms with Crippen molar-refractivity contribution in [3.05, 3.63) is 17.0 Å². The summed E-state index contributed by atoms with van der Waals surface area (Å²) in [7, 11) is 3.11. The Hall–Kier alpha value is -1.89. The lowest BCUT2D eigenvalue weighted by molar-refractivity contribution is -0.150. The molecule has 1 amide bonds. The normalized spacial score (nSPS) is 21.7. The number of carbonyl (C=O) groups excluding carboxylic acids is 2. The molecule has 2 rings (SSSR count). The van der Waals surface area contributed by atoms with Gasteiger partial charge < -0.3 is 14.7 Å². The number of esters is 1. The van der Waals surface area contributed by atoms with E-state index in [1.807, 2.05) is 20.9 Å². The van der Waals surface area contributed by atoms with Crippen LogP contribution in [0.25, 0.3) is 0 Å². The van der Waals surface area contributed by atoms with E-state index in [0.717, 1.165) is 17.0 Å². The summed E-state index contributed by atoms with van der Waals surface area (Å²) >= 11 is 0. The number of hydrogen-bond donors (Lipinski definition) is 1. The standard InChI is InChI=1S/C14H21N3O4/c1-8-11(9(2)16(3)15-8)6-13(19)17-7-10(18)5-12(17)14(20)21-4/h10,12,18H,5-7H2,1-4H3. The second-order valence-electron chi connectivity index (χ2n) is 5.42. The van der Waals surface area contributed by atoms with Crippen LogP contribution in [0.3, 0.4) is 0 Å². The molecule has 21 heavy (non-hydrogen) atoms. The predicted octanol–water partition coefficient (Wildman–Crippen LogP) is -0.286. The van der Waals surface area contributed by atoms with Crippen molar-refractivity contribution < 1.29 is 19.4 Å². The lowest BCUT2D eigenvalue weighted by atomic mass is 10.1. The zero-order valence-corrected chi connectivity index (χ0v) is 12.8. The molecule has 1 aliphatic heterocycles. The van der Waals surface area contributed by atoms with Crippen LogP contribution in [0, 0.1) is 13.8 Å². The fourth-order valence-electron chi connectivity index (χ4n) is 2.77. The molecule has 0 bridgehead atoms. The van der Waals surface area contributed by atoms with Gasteiger partial charge in [-0.3, -0.25) is 9.48 Å². The molecule has 2 atom stereocenters. The molecule has 7 heteroatoms. The molecule has 0 aromatic carbocycles. The Balaban J connectivity index is 2.17. The third-order valence-electron chi connectivity index (χ3n) is 4.06. The van der Waals surface area contributed by atoms with Crippen LogP contribution < -0.4 is 0 Å². The zero-order chi connectivity index (χ0) is 15.7. The monoisotopic (exact) mass is 295 g/mol. The molecule has 1 aromatic rings. The van der Waals surface area contributed by atoms with Crippen LogP contribution in [0.5, 0.6) is 0 Å². The number of aromatic nitrogens is 2. The Labute approximate surface area is 123 Å². The van der Waals surface area contributed by atoms with Crippen LogP contribution in [-0.2, 0) is 27.8 Å². The zero-order valence-electron chi connectivity index (χ0n) is 12.8. The maximum absolute atomic E-state index is 12.5. The van der Waals surface area contributed by atoms with Crippen LogP contribution in [0.15, 0.2) is 0 Å². The molecule has 1 aliphatic rings. The highest BCUT2D eigenvalue weighted by Gasteiger charge is 2.39. The van der Waals surface area contributed by atoms with Crippen molar-refractivity contribution in [3.63, 3.8) is 0 Å². The number of aryl methyl sites for hydroxylation is 2. The molecule has 2 unspecified atom stereocenters. The van der Waals surface area contributed by atoms with Crippen molar-refractivity contribution in [3.8, 4) is 0 Å². The number of aliphatic hydroxyl groups excluding tert-OH is 1. The minimum atomic E-state index is -0.699. The average molecular weight is 295 g/mol. The lowest BCUT2D eigenvalue weighted by Gasteiger charge is -2.22. The summed E-state index contributed by atoms with van der Waals surface area (Å²) in [5.41, 5.74) is 2.60. The lowest BCUT2D eigenvalue weighted by Crippen LogP contribution is -2.42. The van der Waals surface area contributed by atoms with Gasteiger partial charge in [0.1, 0.15) is 6.04 Å². The number of rotatable bonds is 3. The average Bonchev–Trinajstić information content (AvgIpc) is 2.93. The summed E-state index contributed by atoms with van der Waals surface area (Å²) in [6, 6.07) is -0.699.